The highest BCUT2D eigenvalue weighted by Crippen LogP contribution is 2.17. The zero-order chi connectivity index (χ0) is 19.1. The summed E-state index contributed by atoms with van der Waals surface area (Å²) in [5, 5.41) is 3.02. The van der Waals surface area contributed by atoms with E-state index in [1.807, 2.05) is 38.4 Å². The molecule has 0 saturated carbocycles. The standard InChI is InChI=1S/C22H28N2O3/c1-24(2)15-19-8-4-3-7-18(19)14-23-22(25)17-9-5-10-20(13-17)27-16-21-11-6-12-26-21/h3-5,7-10,13,21H,6,11-12,14-16H2,1-2H3,(H,23,25)/t21-/m1/s1. The first-order chi connectivity index (χ1) is 13.1. The van der Waals surface area contributed by atoms with E-state index in [1.165, 1.54) is 5.56 Å². The Morgan fingerprint density at radius 2 is 2.00 bits per heavy atom. The molecule has 1 aliphatic heterocycles. The number of carbonyl (C=O) groups is 1. The van der Waals surface area contributed by atoms with Crippen LogP contribution in [-0.2, 0) is 17.8 Å². The van der Waals surface area contributed by atoms with Gasteiger partial charge in [0.2, 0.25) is 0 Å². The number of benzene rings is 2. The summed E-state index contributed by atoms with van der Waals surface area (Å²) in [6, 6.07) is 15.5. The number of nitrogens with zero attached hydrogens (tertiary/aromatic N) is 1. The molecular formula is C22H28N2O3. The molecule has 1 amide bonds. The molecular weight excluding hydrogens is 340 g/mol. The van der Waals surface area contributed by atoms with Gasteiger partial charge in [0.05, 0.1) is 6.10 Å². The second-order valence-corrected chi connectivity index (χ2v) is 7.16. The van der Waals surface area contributed by atoms with E-state index in [4.69, 9.17) is 9.47 Å². The molecule has 1 atom stereocenters. The minimum Gasteiger partial charge on any atom is -0.491 e. The summed E-state index contributed by atoms with van der Waals surface area (Å²) in [4.78, 5) is 14.7. The molecule has 0 bridgehead atoms. The van der Waals surface area contributed by atoms with E-state index in [0.29, 0.717) is 24.5 Å². The summed E-state index contributed by atoms with van der Waals surface area (Å²) in [7, 11) is 4.08. The van der Waals surface area contributed by atoms with Gasteiger partial charge in [-0.2, -0.15) is 0 Å². The van der Waals surface area contributed by atoms with Crippen molar-refractivity contribution in [2.45, 2.75) is 32.0 Å². The van der Waals surface area contributed by atoms with Crippen LogP contribution in [0.15, 0.2) is 48.5 Å². The average Bonchev–Trinajstić information content (AvgIpc) is 3.19. The maximum Gasteiger partial charge on any atom is 0.251 e. The van der Waals surface area contributed by atoms with Crippen molar-refractivity contribution >= 4 is 5.91 Å². The normalized spacial score (nSPS) is 16.5. The van der Waals surface area contributed by atoms with E-state index >= 15 is 0 Å². The first-order valence-electron chi connectivity index (χ1n) is 9.46. The van der Waals surface area contributed by atoms with Gasteiger partial charge in [0.15, 0.2) is 0 Å². The fourth-order valence-corrected chi connectivity index (χ4v) is 3.19. The molecule has 0 aliphatic carbocycles. The highest BCUT2D eigenvalue weighted by molar-refractivity contribution is 5.94. The topological polar surface area (TPSA) is 50.8 Å². The Bertz CT molecular complexity index is 755. The maximum atomic E-state index is 12.6. The molecule has 5 heteroatoms. The predicted octanol–water partition coefficient (Wildman–Crippen LogP) is 3.24. The van der Waals surface area contributed by atoms with Crippen LogP contribution in [0, 0.1) is 0 Å². The smallest absolute Gasteiger partial charge is 0.251 e. The summed E-state index contributed by atoms with van der Waals surface area (Å²) in [6.45, 7) is 2.69. The Morgan fingerprint density at radius 1 is 1.19 bits per heavy atom. The number of hydrogen-bond donors (Lipinski definition) is 1. The number of amides is 1. The monoisotopic (exact) mass is 368 g/mol. The number of rotatable bonds is 8. The molecule has 0 radical (unpaired) electrons. The fourth-order valence-electron chi connectivity index (χ4n) is 3.19. The van der Waals surface area contributed by atoms with E-state index in [-0.39, 0.29) is 12.0 Å². The van der Waals surface area contributed by atoms with Crippen LogP contribution in [0.2, 0.25) is 0 Å². The third kappa shape index (κ3) is 5.81. The van der Waals surface area contributed by atoms with Gasteiger partial charge < -0.3 is 19.7 Å². The lowest BCUT2D eigenvalue weighted by molar-refractivity contribution is 0.0679. The zero-order valence-corrected chi connectivity index (χ0v) is 16.1. The lowest BCUT2D eigenvalue weighted by atomic mass is 10.1. The summed E-state index contributed by atoms with van der Waals surface area (Å²) < 4.78 is 11.4. The van der Waals surface area contributed by atoms with Gasteiger partial charge in [-0.1, -0.05) is 30.3 Å². The number of hydrogen-bond acceptors (Lipinski definition) is 4. The van der Waals surface area contributed by atoms with Gasteiger partial charge in [0, 0.05) is 25.3 Å². The van der Waals surface area contributed by atoms with Crippen molar-refractivity contribution in [1.82, 2.24) is 10.2 Å². The lowest BCUT2D eigenvalue weighted by Crippen LogP contribution is -2.24. The summed E-state index contributed by atoms with van der Waals surface area (Å²) in [6.07, 6.45) is 2.29. The van der Waals surface area contributed by atoms with Crippen molar-refractivity contribution in [1.29, 1.82) is 0 Å². The zero-order valence-electron chi connectivity index (χ0n) is 16.1. The molecule has 1 heterocycles. The first kappa shape index (κ1) is 19.4. The van der Waals surface area contributed by atoms with Crippen molar-refractivity contribution < 1.29 is 14.3 Å². The Morgan fingerprint density at radius 3 is 2.74 bits per heavy atom. The number of carbonyl (C=O) groups excluding carboxylic acids is 1. The lowest BCUT2D eigenvalue weighted by Gasteiger charge is -2.15. The highest BCUT2D eigenvalue weighted by atomic mass is 16.5. The summed E-state index contributed by atoms with van der Waals surface area (Å²) in [5.41, 5.74) is 2.95. The average molecular weight is 368 g/mol. The van der Waals surface area contributed by atoms with Gasteiger partial charge in [-0.25, -0.2) is 0 Å². The summed E-state index contributed by atoms with van der Waals surface area (Å²) in [5.74, 6) is 0.600. The molecule has 3 rings (SSSR count). The van der Waals surface area contributed by atoms with E-state index in [9.17, 15) is 4.79 Å². The molecule has 0 spiro atoms. The molecule has 2 aromatic carbocycles. The van der Waals surface area contributed by atoms with Crippen molar-refractivity contribution in [2.75, 3.05) is 27.3 Å². The minimum absolute atomic E-state index is 0.0998. The van der Waals surface area contributed by atoms with Crippen LogP contribution < -0.4 is 10.1 Å². The molecule has 1 N–H and O–H groups in total. The summed E-state index contributed by atoms with van der Waals surface area (Å²) >= 11 is 0. The Kier molecular flexibility index (Phi) is 6.85. The quantitative estimate of drug-likeness (QED) is 0.777. The Hall–Kier alpha value is -2.37. The Balaban J connectivity index is 1.57. The van der Waals surface area contributed by atoms with Crippen molar-refractivity contribution in [3.05, 3.63) is 65.2 Å². The van der Waals surface area contributed by atoms with Gasteiger partial charge in [-0.3, -0.25) is 4.79 Å². The molecule has 5 nitrogen and oxygen atoms in total. The van der Waals surface area contributed by atoms with Crippen LogP contribution in [0.4, 0.5) is 0 Å². The molecule has 0 aromatic heterocycles. The highest BCUT2D eigenvalue weighted by Gasteiger charge is 2.16. The van der Waals surface area contributed by atoms with E-state index < -0.39 is 0 Å². The molecule has 1 saturated heterocycles. The van der Waals surface area contributed by atoms with Gasteiger partial charge >= 0.3 is 0 Å². The SMILES string of the molecule is CN(C)Cc1ccccc1CNC(=O)c1cccc(OC[C@H]2CCCO2)c1. The van der Waals surface area contributed by atoms with E-state index in [2.05, 4.69) is 22.3 Å². The van der Waals surface area contributed by atoms with Crippen LogP contribution >= 0.6 is 0 Å². The molecule has 2 aromatic rings. The van der Waals surface area contributed by atoms with Crippen LogP contribution in [0.3, 0.4) is 0 Å². The minimum atomic E-state index is -0.0998. The van der Waals surface area contributed by atoms with Crippen molar-refractivity contribution in [3.8, 4) is 5.75 Å². The second kappa shape index (κ2) is 9.53. The van der Waals surface area contributed by atoms with E-state index in [0.717, 1.165) is 31.6 Å². The fraction of sp³-hybridized carbons (Fsp3) is 0.409. The van der Waals surface area contributed by atoms with E-state index in [1.54, 1.807) is 12.1 Å². The molecule has 1 aliphatic rings. The first-order valence-corrected chi connectivity index (χ1v) is 9.46. The molecule has 144 valence electrons. The van der Waals surface area contributed by atoms with Crippen LogP contribution in [0.1, 0.15) is 34.3 Å². The molecule has 27 heavy (non-hydrogen) atoms. The number of ether oxygens (including phenoxy) is 2. The van der Waals surface area contributed by atoms with Crippen LogP contribution in [0.5, 0.6) is 5.75 Å². The third-order valence-electron chi connectivity index (χ3n) is 4.60. The van der Waals surface area contributed by atoms with Crippen molar-refractivity contribution in [3.63, 3.8) is 0 Å². The Labute approximate surface area is 161 Å². The predicted molar refractivity (Wildman–Crippen MR) is 106 cm³/mol. The van der Waals surface area contributed by atoms with Crippen LogP contribution in [0.25, 0.3) is 0 Å². The second-order valence-electron chi connectivity index (χ2n) is 7.16. The maximum absolute atomic E-state index is 12.6. The van der Waals surface area contributed by atoms with Gasteiger partial charge in [-0.15, -0.1) is 0 Å². The molecule has 1 fully saturated rings. The van der Waals surface area contributed by atoms with Gasteiger partial charge in [0.25, 0.3) is 5.91 Å². The molecule has 0 unspecified atom stereocenters. The third-order valence-corrected chi connectivity index (χ3v) is 4.60. The van der Waals surface area contributed by atoms with Crippen LogP contribution in [-0.4, -0.2) is 44.2 Å². The van der Waals surface area contributed by atoms with Gasteiger partial charge in [-0.05, 0) is 56.3 Å². The number of nitrogens with one attached hydrogen (secondary N) is 1. The van der Waals surface area contributed by atoms with Crippen molar-refractivity contribution in [2.24, 2.45) is 0 Å². The largest absolute Gasteiger partial charge is 0.491 e. The van der Waals surface area contributed by atoms with Gasteiger partial charge in [0.1, 0.15) is 12.4 Å².